The molecule has 0 fully saturated rings. The zero-order valence-electron chi connectivity index (χ0n) is 16.7. The number of hydrogen-bond donors (Lipinski definition) is 1. The Morgan fingerprint density at radius 3 is 2.50 bits per heavy atom. The predicted octanol–water partition coefficient (Wildman–Crippen LogP) is 3.73. The molecule has 0 bridgehead atoms. The molecule has 30 heavy (non-hydrogen) atoms. The Bertz CT molecular complexity index is 1030. The Labute approximate surface area is 183 Å². The van der Waals surface area contributed by atoms with Crippen LogP contribution in [-0.2, 0) is 11.2 Å². The number of ether oxygens (including phenoxy) is 2. The van der Waals surface area contributed by atoms with Crippen LogP contribution in [0.25, 0.3) is 0 Å². The molecule has 0 unspecified atom stereocenters. The molecule has 0 saturated heterocycles. The van der Waals surface area contributed by atoms with Crippen LogP contribution in [0.2, 0.25) is 0 Å². The third-order valence-electron chi connectivity index (χ3n) is 5.15. The first kappa shape index (κ1) is 20.4. The van der Waals surface area contributed by atoms with Gasteiger partial charge in [-0.15, -0.1) is 22.7 Å². The van der Waals surface area contributed by atoms with E-state index >= 15 is 0 Å². The number of nitrogens with one attached hydrogen (secondary N) is 1. The summed E-state index contributed by atoms with van der Waals surface area (Å²) in [6.07, 6.45) is 0.710. The Balaban J connectivity index is 1.62. The van der Waals surface area contributed by atoms with Crippen molar-refractivity contribution < 1.29 is 19.1 Å². The number of carbonyl (C=O) groups excluding carboxylic acids is 2. The summed E-state index contributed by atoms with van der Waals surface area (Å²) < 4.78 is 11.0. The lowest BCUT2D eigenvalue weighted by atomic mass is 9.90. The van der Waals surface area contributed by atoms with Crippen molar-refractivity contribution in [2.24, 2.45) is 0 Å². The van der Waals surface area contributed by atoms with Crippen LogP contribution in [0.3, 0.4) is 0 Å². The van der Waals surface area contributed by atoms with Gasteiger partial charge in [0.2, 0.25) is 5.91 Å². The monoisotopic (exact) mass is 442 g/mol. The molecular weight excluding hydrogens is 420 g/mol. The summed E-state index contributed by atoms with van der Waals surface area (Å²) in [5.41, 5.74) is 2.16. The summed E-state index contributed by atoms with van der Waals surface area (Å²) in [5, 5.41) is 6.60. The van der Waals surface area contributed by atoms with Gasteiger partial charge in [-0.05, 0) is 52.6 Å². The molecule has 3 aromatic rings. The van der Waals surface area contributed by atoms with Gasteiger partial charge in [0.1, 0.15) is 0 Å². The highest BCUT2D eigenvalue weighted by Gasteiger charge is 2.34. The molecular formula is C22H22N2O4S2. The van der Waals surface area contributed by atoms with Crippen molar-refractivity contribution in [3.05, 3.63) is 68.0 Å². The number of rotatable bonds is 6. The minimum atomic E-state index is -0.227. The molecule has 3 heterocycles. The summed E-state index contributed by atoms with van der Waals surface area (Å²) in [7, 11) is 3.23. The lowest BCUT2D eigenvalue weighted by Crippen LogP contribution is -2.45. The molecule has 0 aliphatic carbocycles. The first-order valence-electron chi connectivity index (χ1n) is 9.51. The van der Waals surface area contributed by atoms with Crippen LogP contribution >= 0.6 is 22.7 Å². The third kappa shape index (κ3) is 3.93. The molecule has 0 spiro atoms. The van der Waals surface area contributed by atoms with Gasteiger partial charge < -0.3 is 19.7 Å². The first-order valence-corrected chi connectivity index (χ1v) is 11.3. The van der Waals surface area contributed by atoms with E-state index in [1.165, 1.54) is 11.3 Å². The van der Waals surface area contributed by atoms with Crippen molar-refractivity contribution in [1.29, 1.82) is 0 Å². The van der Waals surface area contributed by atoms with Crippen LogP contribution in [-0.4, -0.2) is 44.0 Å². The highest BCUT2D eigenvalue weighted by molar-refractivity contribution is 7.12. The summed E-state index contributed by atoms with van der Waals surface area (Å²) in [6, 6.07) is 11.3. The SMILES string of the molecule is COc1cc2c(cc1OC)[C@@H](c1cccs1)N(C(=O)CNC(=O)c1cccs1)CC2. The van der Waals surface area contributed by atoms with E-state index in [-0.39, 0.29) is 24.4 Å². The van der Waals surface area contributed by atoms with Gasteiger partial charge in [0.05, 0.1) is 31.7 Å². The smallest absolute Gasteiger partial charge is 0.261 e. The molecule has 2 amide bonds. The second-order valence-corrected chi connectivity index (χ2v) is 8.75. The van der Waals surface area contributed by atoms with E-state index in [0.717, 1.165) is 16.0 Å². The van der Waals surface area contributed by atoms with Crippen LogP contribution in [0.15, 0.2) is 47.2 Å². The number of methoxy groups -OCH3 is 2. The standard InChI is InChI=1S/C22H22N2O4S2/c1-27-16-11-14-7-8-24(20(25)13-23-22(26)19-6-4-10-30-19)21(18-5-3-9-29-18)15(14)12-17(16)28-2/h3-6,9-12,21H,7-8,13H2,1-2H3,(H,23,26)/t21-/m0/s1. The molecule has 1 aliphatic heterocycles. The molecule has 8 heteroatoms. The van der Waals surface area contributed by atoms with E-state index in [0.29, 0.717) is 29.3 Å². The van der Waals surface area contributed by atoms with E-state index in [4.69, 9.17) is 9.47 Å². The molecule has 4 rings (SSSR count). The topological polar surface area (TPSA) is 67.9 Å². The summed E-state index contributed by atoms with van der Waals surface area (Å²) in [6.45, 7) is 0.528. The number of nitrogens with zero attached hydrogens (tertiary/aromatic N) is 1. The van der Waals surface area contributed by atoms with Gasteiger partial charge in [-0.3, -0.25) is 9.59 Å². The fraction of sp³-hybridized carbons (Fsp3) is 0.273. The minimum Gasteiger partial charge on any atom is -0.493 e. The molecule has 1 aliphatic rings. The maximum atomic E-state index is 13.1. The average Bonchev–Trinajstić information content (AvgIpc) is 3.49. The number of benzene rings is 1. The summed E-state index contributed by atoms with van der Waals surface area (Å²) >= 11 is 2.96. The Morgan fingerprint density at radius 1 is 1.10 bits per heavy atom. The van der Waals surface area contributed by atoms with Crippen molar-refractivity contribution >= 4 is 34.5 Å². The number of thiophene rings is 2. The normalized spacial score (nSPS) is 15.4. The number of amides is 2. The molecule has 2 aromatic heterocycles. The molecule has 1 aromatic carbocycles. The average molecular weight is 443 g/mol. The third-order valence-corrected chi connectivity index (χ3v) is 6.95. The molecule has 1 N–H and O–H groups in total. The molecule has 0 saturated carbocycles. The van der Waals surface area contributed by atoms with Gasteiger partial charge in [0.15, 0.2) is 11.5 Å². The Morgan fingerprint density at radius 2 is 1.83 bits per heavy atom. The summed E-state index contributed by atoms with van der Waals surface area (Å²) in [4.78, 5) is 28.9. The van der Waals surface area contributed by atoms with Gasteiger partial charge in [-0.2, -0.15) is 0 Å². The zero-order valence-corrected chi connectivity index (χ0v) is 18.3. The van der Waals surface area contributed by atoms with Crippen molar-refractivity contribution in [2.75, 3.05) is 27.3 Å². The van der Waals surface area contributed by atoms with Gasteiger partial charge >= 0.3 is 0 Å². The van der Waals surface area contributed by atoms with Crippen molar-refractivity contribution in [3.63, 3.8) is 0 Å². The first-order chi connectivity index (χ1) is 14.6. The molecule has 6 nitrogen and oxygen atoms in total. The Kier molecular flexibility index (Phi) is 6.06. The van der Waals surface area contributed by atoms with Crippen LogP contribution in [0.4, 0.5) is 0 Å². The highest BCUT2D eigenvalue weighted by Crippen LogP contribution is 2.42. The summed E-state index contributed by atoms with van der Waals surface area (Å²) in [5.74, 6) is 0.982. The highest BCUT2D eigenvalue weighted by atomic mass is 32.1. The molecule has 0 radical (unpaired) electrons. The zero-order chi connectivity index (χ0) is 21.1. The van der Waals surface area contributed by atoms with Crippen LogP contribution < -0.4 is 14.8 Å². The largest absolute Gasteiger partial charge is 0.493 e. The lowest BCUT2D eigenvalue weighted by Gasteiger charge is -2.37. The lowest BCUT2D eigenvalue weighted by molar-refractivity contribution is -0.132. The fourth-order valence-corrected chi connectivity index (χ4v) is 5.22. The van der Waals surface area contributed by atoms with Gasteiger partial charge in [0, 0.05) is 11.4 Å². The minimum absolute atomic E-state index is 0.0404. The van der Waals surface area contributed by atoms with Crippen molar-refractivity contribution in [3.8, 4) is 11.5 Å². The van der Waals surface area contributed by atoms with Crippen LogP contribution in [0.5, 0.6) is 11.5 Å². The second-order valence-electron chi connectivity index (χ2n) is 6.82. The number of hydrogen-bond acceptors (Lipinski definition) is 6. The second kappa shape index (κ2) is 8.89. The molecule has 156 valence electrons. The quantitative estimate of drug-likeness (QED) is 0.632. The van der Waals surface area contributed by atoms with E-state index in [9.17, 15) is 9.59 Å². The van der Waals surface area contributed by atoms with Crippen LogP contribution in [0, 0.1) is 0 Å². The number of fused-ring (bicyclic) bond motifs is 1. The van der Waals surface area contributed by atoms with Crippen molar-refractivity contribution in [1.82, 2.24) is 10.2 Å². The van der Waals surface area contributed by atoms with Gasteiger partial charge in [0.25, 0.3) is 5.91 Å². The van der Waals surface area contributed by atoms with Crippen molar-refractivity contribution in [2.45, 2.75) is 12.5 Å². The van der Waals surface area contributed by atoms with E-state index < -0.39 is 0 Å². The fourth-order valence-electron chi connectivity index (χ4n) is 3.72. The van der Waals surface area contributed by atoms with Crippen LogP contribution in [0.1, 0.15) is 31.7 Å². The van der Waals surface area contributed by atoms with E-state index in [1.807, 2.05) is 46.0 Å². The van der Waals surface area contributed by atoms with Gasteiger partial charge in [-0.1, -0.05) is 12.1 Å². The predicted molar refractivity (Wildman–Crippen MR) is 118 cm³/mol. The molecule has 1 atom stereocenters. The number of carbonyl (C=O) groups is 2. The van der Waals surface area contributed by atoms with Gasteiger partial charge in [-0.25, -0.2) is 0 Å². The van der Waals surface area contributed by atoms with E-state index in [1.54, 1.807) is 31.6 Å². The van der Waals surface area contributed by atoms with E-state index in [2.05, 4.69) is 5.32 Å². The maximum Gasteiger partial charge on any atom is 0.261 e. The Hall–Kier alpha value is -2.84. The maximum absolute atomic E-state index is 13.1.